The first-order valence-corrected chi connectivity index (χ1v) is 9.66. The maximum absolute atomic E-state index is 14.9. The van der Waals surface area contributed by atoms with Gasteiger partial charge in [0.1, 0.15) is 23.6 Å². The third kappa shape index (κ3) is 3.75. The van der Waals surface area contributed by atoms with Crippen LogP contribution >= 0.6 is 27.5 Å². The molecule has 0 aliphatic rings. The molecular weight excluding hydrogens is 477 g/mol. The lowest BCUT2D eigenvalue weighted by Gasteiger charge is -2.12. The van der Waals surface area contributed by atoms with E-state index in [9.17, 15) is 9.18 Å². The van der Waals surface area contributed by atoms with Crippen molar-refractivity contribution in [3.05, 3.63) is 80.3 Å². The summed E-state index contributed by atoms with van der Waals surface area (Å²) in [6.07, 6.45) is 1.52. The highest BCUT2D eigenvalue weighted by Crippen LogP contribution is 2.31. The van der Waals surface area contributed by atoms with Crippen molar-refractivity contribution in [2.75, 3.05) is 0 Å². The van der Waals surface area contributed by atoms with Gasteiger partial charge in [0, 0.05) is 16.0 Å². The molecule has 0 aliphatic heterocycles. The van der Waals surface area contributed by atoms with E-state index in [1.807, 2.05) is 6.07 Å². The number of carbonyl (C=O) groups is 1. The van der Waals surface area contributed by atoms with Crippen LogP contribution in [0.4, 0.5) is 4.39 Å². The molecule has 4 aromatic rings. The SMILES string of the molecule is N#Cc1cc(Cl)cc(C(=O)c2c(OCc3n[nH]c4nnccc34)ccc(Br)c2F)c1. The number of rotatable bonds is 5. The zero-order chi connectivity index (χ0) is 21.3. The van der Waals surface area contributed by atoms with Gasteiger partial charge in [-0.3, -0.25) is 9.89 Å². The molecule has 0 bridgehead atoms. The molecule has 2 heterocycles. The van der Waals surface area contributed by atoms with Crippen molar-refractivity contribution in [3.8, 4) is 11.8 Å². The number of hydrogen-bond acceptors (Lipinski definition) is 6. The van der Waals surface area contributed by atoms with Gasteiger partial charge in [-0.1, -0.05) is 11.6 Å². The minimum absolute atomic E-state index is 0.0253. The van der Waals surface area contributed by atoms with E-state index in [-0.39, 0.29) is 38.5 Å². The molecule has 0 fully saturated rings. The molecule has 0 unspecified atom stereocenters. The molecule has 0 atom stereocenters. The quantitative estimate of drug-likeness (QED) is 0.414. The number of H-pyrrole nitrogens is 1. The molecule has 0 aliphatic carbocycles. The average Bonchev–Trinajstić information content (AvgIpc) is 3.16. The number of aromatic nitrogens is 4. The highest BCUT2D eigenvalue weighted by Gasteiger charge is 2.23. The second kappa shape index (κ2) is 8.18. The number of nitrogens with zero attached hydrogens (tertiary/aromatic N) is 4. The highest BCUT2D eigenvalue weighted by atomic mass is 79.9. The molecule has 2 aromatic heterocycles. The van der Waals surface area contributed by atoms with Crippen LogP contribution in [0, 0.1) is 17.1 Å². The van der Waals surface area contributed by atoms with Crippen LogP contribution in [0.1, 0.15) is 27.2 Å². The highest BCUT2D eigenvalue weighted by molar-refractivity contribution is 9.10. The minimum Gasteiger partial charge on any atom is -0.486 e. The summed E-state index contributed by atoms with van der Waals surface area (Å²) in [4.78, 5) is 13.1. The van der Waals surface area contributed by atoms with E-state index in [4.69, 9.17) is 21.6 Å². The molecular formula is C20H10BrClFN5O2. The fourth-order valence-electron chi connectivity index (χ4n) is 2.88. The number of aromatic amines is 1. The molecule has 0 radical (unpaired) electrons. The molecule has 0 spiro atoms. The number of ketones is 1. The topological polar surface area (TPSA) is 105 Å². The van der Waals surface area contributed by atoms with Crippen LogP contribution < -0.4 is 4.74 Å². The second-order valence-electron chi connectivity index (χ2n) is 6.16. The van der Waals surface area contributed by atoms with Crippen molar-refractivity contribution in [1.82, 2.24) is 20.4 Å². The van der Waals surface area contributed by atoms with E-state index in [1.54, 1.807) is 6.07 Å². The number of hydrogen-bond donors (Lipinski definition) is 1. The predicted molar refractivity (Wildman–Crippen MR) is 110 cm³/mol. The summed E-state index contributed by atoms with van der Waals surface area (Å²) >= 11 is 9.09. The fraction of sp³-hybridized carbons (Fsp3) is 0.0500. The average molecular weight is 487 g/mol. The van der Waals surface area contributed by atoms with Crippen LogP contribution in [0.5, 0.6) is 5.75 Å². The minimum atomic E-state index is -0.784. The summed E-state index contributed by atoms with van der Waals surface area (Å²) in [7, 11) is 0. The van der Waals surface area contributed by atoms with Crippen LogP contribution in [0.3, 0.4) is 0 Å². The molecule has 10 heteroatoms. The van der Waals surface area contributed by atoms with Crippen LogP contribution in [-0.2, 0) is 6.61 Å². The van der Waals surface area contributed by atoms with Crippen molar-refractivity contribution in [3.63, 3.8) is 0 Å². The Morgan fingerprint density at radius 3 is 2.93 bits per heavy atom. The van der Waals surface area contributed by atoms with Crippen molar-refractivity contribution < 1.29 is 13.9 Å². The lowest BCUT2D eigenvalue weighted by atomic mass is 10.00. The number of benzene rings is 2. The second-order valence-corrected chi connectivity index (χ2v) is 7.45. The summed E-state index contributed by atoms with van der Waals surface area (Å²) in [5.41, 5.74) is 0.984. The number of carbonyl (C=O) groups excluding carboxylic acids is 1. The van der Waals surface area contributed by atoms with E-state index < -0.39 is 11.6 Å². The lowest BCUT2D eigenvalue weighted by Crippen LogP contribution is -2.09. The van der Waals surface area contributed by atoms with Gasteiger partial charge >= 0.3 is 0 Å². The predicted octanol–water partition coefficient (Wildman–Crippen LogP) is 4.59. The van der Waals surface area contributed by atoms with Gasteiger partial charge in [-0.15, -0.1) is 5.10 Å². The van der Waals surface area contributed by atoms with E-state index in [2.05, 4.69) is 36.3 Å². The van der Waals surface area contributed by atoms with E-state index in [0.29, 0.717) is 16.7 Å². The first kappa shape index (κ1) is 19.9. The van der Waals surface area contributed by atoms with Gasteiger partial charge in [-0.2, -0.15) is 15.5 Å². The molecule has 0 saturated heterocycles. The van der Waals surface area contributed by atoms with Crippen molar-refractivity contribution >= 4 is 44.3 Å². The smallest absolute Gasteiger partial charge is 0.199 e. The van der Waals surface area contributed by atoms with Crippen molar-refractivity contribution in [2.45, 2.75) is 6.61 Å². The Labute approximate surface area is 182 Å². The molecule has 148 valence electrons. The molecule has 1 N–H and O–H groups in total. The summed E-state index contributed by atoms with van der Waals surface area (Å²) in [6, 6.07) is 10.7. The Kier molecular flexibility index (Phi) is 5.44. The van der Waals surface area contributed by atoms with Gasteiger partial charge in [0.15, 0.2) is 17.2 Å². The monoisotopic (exact) mass is 485 g/mol. The molecule has 4 rings (SSSR count). The molecule has 0 saturated carbocycles. The first-order chi connectivity index (χ1) is 14.5. The Hall–Kier alpha value is -3.35. The van der Waals surface area contributed by atoms with Crippen LogP contribution in [0.2, 0.25) is 5.02 Å². The third-order valence-electron chi connectivity index (χ3n) is 4.27. The van der Waals surface area contributed by atoms with Gasteiger partial charge < -0.3 is 4.74 Å². The fourth-order valence-corrected chi connectivity index (χ4v) is 3.44. The van der Waals surface area contributed by atoms with Crippen molar-refractivity contribution in [2.24, 2.45) is 0 Å². The van der Waals surface area contributed by atoms with Gasteiger partial charge in [-0.05, 0) is 52.3 Å². The van der Waals surface area contributed by atoms with E-state index in [0.717, 1.165) is 0 Å². The summed E-state index contributed by atoms with van der Waals surface area (Å²) in [5, 5.41) is 24.5. The zero-order valence-electron chi connectivity index (χ0n) is 15.0. The number of nitriles is 1. The summed E-state index contributed by atoms with van der Waals surface area (Å²) < 4.78 is 20.8. The van der Waals surface area contributed by atoms with Gasteiger partial charge in [0.2, 0.25) is 0 Å². The lowest BCUT2D eigenvalue weighted by molar-refractivity contribution is 0.103. The van der Waals surface area contributed by atoms with Crippen LogP contribution in [0.15, 0.2) is 47.1 Å². The van der Waals surface area contributed by atoms with Gasteiger partial charge in [-0.25, -0.2) is 4.39 Å². The number of nitrogens with one attached hydrogen (secondary N) is 1. The van der Waals surface area contributed by atoms with Gasteiger partial charge in [0.25, 0.3) is 0 Å². The Balaban J connectivity index is 1.72. The van der Waals surface area contributed by atoms with Crippen molar-refractivity contribution in [1.29, 1.82) is 5.26 Å². The van der Waals surface area contributed by atoms with Crippen LogP contribution in [0.25, 0.3) is 11.0 Å². The van der Waals surface area contributed by atoms with E-state index >= 15 is 0 Å². The van der Waals surface area contributed by atoms with Crippen LogP contribution in [-0.4, -0.2) is 26.2 Å². The van der Waals surface area contributed by atoms with Gasteiger partial charge in [0.05, 0.1) is 22.3 Å². The molecule has 2 aromatic carbocycles. The Morgan fingerprint density at radius 1 is 1.30 bits per heavy atom. The standard InChI is InChI=1S/C20H10BrClFN5O2/c21-14-1-2-16(30-9-15-13-3-4-25-27-20(13)28-26-15)17(18(14)23)19(29)11-5-10(8-24)6-12(22)7-11/h1-7H,9H2,(H,26,27,28). The molecule has 30 heavy (non-hydrogen) atoms. The first-order valence-electron chi connectivity index (χ1n) is 8.48. The summed E-state index contributed by atoms with van der Waals surface area (Å²) in [5.74, 6) is -1.42. The normalized spacial score (nSPS) is 10.7. The number of fused-ring (bicyclic) bond motifs is 1. The zero-order valence-corrected chi connectivity index (χ0v) is 17.3. The maximum Gasteiger partial charge on any atom is 0.199 e. The molecule has 7 nitrogen and oxygen atoms in total. The third-order valence-corrected chi connectivity index (χ3v) is 5.10. The summed E-state index contributed by atoms with van der Waals surface area (Å²) in [6.45, 7) is -0.0357. The number of ether oxygens (including phenoxy) is 1. The number of halogens is 3. The largest absolute Gasteiger partial charge is 0.486 e. The Bertz CT molecular complexity index is 1330. The van der Waals surface area contributed by atoms with E-state index in [1.165, 1.54) is 36.5 Å². The molecule has 0 amide bonds. The maximum atomic E-state index is 14.9. The Morgan fingerprint density at radius 2 is 2.13 bits per heavy atom.